The van der Waals surface area contributed by atoms with E-state index in [0.717, 1.165) is 0 Å². The summed E-state index contributed by atoms with van der Waals surface area (Å²) < 4.78 is 29.5. The van der Waals surface area contributed by atoms with Gasteiger partial charge < -0.3 is 0 Å². The number of hydrogen-bond acceptors (Lipinski definition) is 6. The lowest BCUT2D eigenvalue weighted by Crippen LogP contribution is -2.19. The first kappa shape index (κ1) is 19.5. The van der Waals surface area contributed by atoms with E-state index >= 15 is 0 Å². The topological polar surface area (TPSA) is 141 Å². The van der Waals surface area contributed by atoms with Crippen molar-refractivity contribution >= 4 is 21.7 Å². The van der Waals surface area contributed by atoms with Gasteiger partial charge >= 0.3 is 6.17 Å². The summed E-state index contributed by atoms with van der Waals surface area (Å²) in [5.74, 6) is 0. The molecule has 0 spiro atoms. The van der Waals surface area contributed by atoms with E-state index in [1.54, 1.807) is 6.07 Å². The molecule has 2 aromatic rings. The first-order valence-electron chi connectivity index (χ1n) is 6.18. The van der Waals surface area contributed by atoms with Crippen LogP contribution in [-0.4, -0.2) is 22.8 Å². The SMILES string of the molecule is O=S(=O)(O)c1cccc(Cl)c1.O=[N+]([O-])C(c1ccccc1)[N+](=O)[O-]. The van der Waals surface area contributed by atoms with Crippen LogP contribution in [0.1, 0.15) is 11.7 Å². The summed E-state index contributed by atoms with van der Waals surface area (Å²) in [5.41, 5.74) is 0.0810. The van der Waals surface area contributed by atoms with Gasteiger partial charge in [0.15, 0.2) is 0 Å². The maximum Gasteiger partial charge on any atom is 0.476 e. The molecule has 0 aliphatic rings. The highest BCUT2D eigenvalue weighted by atomic mass is 35.5. The zero-order valence-corrected chi connectivity index (χ0v) is 13.4. The maximum absolute atomic E-state index is 10.5. The summed E-state index contributed by atoms with van der Waals surface area (Å²) >= 11 is 5.48. The van der Waals surface area contributed by atoms with E-state index in [4.69, 9.17) is 16.2 Å². The lowest BCUT2D eigenvalue weighted by molar-refractivity contribution is -0.752. The van der Waals surface area contributed by atoms with Crippen molar-refractivity contribution in [2.24, 2.45) is 0 Å². The van der Waals surface area contributed by atoms with Gasteiger partial charge in [-0.1, -0.05) is 35.9 Å². The molecule has 24 heavy (non-hydrogen) atoms. The molecule has 2 aromatic carbocycles. The summed E-state index contributed by atoms with van der Waals surface area (Å²) in [7, 11) is -4.11. The predicted octanol–water partition coefficient (Wildman–Crippen LogP) is 2.83. The molecule has 0 fully saturated rings. The van der Waals surface area contributed by atoms with Crippen LogP contribution in [0.15, 0.2) is 59.5 Å². The molecule has 0 aliphatic carbocycles. The van der Waals surface area contributed by atoms with Gasteiger partial charge in [-0.15, -0.1) is 0 Å². The van der Waals surface area contributed by atoms with Crippen molar-refractivity contribution in [3.05, 3.63) is 85.4 Å². The maximum atomic E-state index is 10.5. The van der Waals surface area contributed by atoms with Gasteiger partial charge in [0.1, 0.15) is 15.4 Å². The number of nitrogens with zero attached hydrogens (tertiary/aromatic N) is 2. The molecule has 128 valence electrons. The third-order valence-corrected chi connectivity index (χ3v) is 3.68. The lowest BCUT2D eigenvalue weighted by Gasteiger charge is -2.00. The molecular weight excluding hydrogens is 364 g/mol. The molecule has 11 heteroatoms. The summed E-state index contributed by atoms with van der Waals surface area (Å²) in [5, 5.41) is 20.9. The average Bonchev–Trinajstić information content (AvgIpc) is 2.47. The van der Waals surface area contributed by atoms with Crippen molar-refractivity contribution in [2.75, 3.05) is 0 Å². The molecule has 0 radical (unpaired) electrons. The van der Waals surface area contributed by atoms with Gasteiger partial charge in [0.05, 0.1) is 4.90 Å². The van der Waals surface area contributed by atoms with E-state index in [-0.39, 0.29) is 15.5 Å². The van der Waals surface area contributed by atoms with Crippen LogP contribution in [0.25, 0.3) is 0 Å². The van der Waals surface area contributed by atoms with E-state index < -0.39 is 26.1 Å². The van der Waals surface area contributed by atoms with Crippen molar-refractivity contribution < 1.29 is 22.8 Å². The van der Waals surface area contributed by atoms with Crippen LogP contribution in [0.3, 0.4) is 0 Å². The molecule has 0 saturated carbocycles. The summed E-state index contributed by atoms with van der Waals surface area (Å²) in [6.45, 7) is 0. The highest BCUT2D eigenvalue weighted by molar-refractivity contribution is 7.85. The third kappa shape index (κ3) is 5.91. The van der Waals surface area contributed by atoms with Crippen molar-refractivity contribution in [2.45, 2.75) is 11.1 Å². The molecule has 2 rings (SSSR count). The average molecular weight is 375 g/mol. The molecule has 0 amide bonds. The molecule has 0 aliphatic heterocycles. The molecule has 0 saturated heterocycles. The van der Waals surface area contributed by atoms with Gasteiger partial charge in [-0.25, -0.2) is 0 Å². The molecule has 0 unspecified atom stereocenters. The zero-order valence-electron chi connectivity index (χ0n) is 11.9. The van der Waals surface area contributed by atoms with Crippen LogP contribution < -0.4 is 0 Å². The Kier molecular flexibility index (Phi) is 6.77. The van der Waals surface area contributed by atoms with Gasteiger partial charge in [0, 0.05) is 5.02 Å². The Morgan fingerprint density at radius 1 is 0.958 bits per heavy atom. The standard InChI is InChI=1S/C7H6N2O4.C6H5ClO3S/c10-8(11)7(9(12)13)6-4-2-1-3-5-6;7-5-2-1-3-6(4-5)11(8,9)10/h1-5,7H;1-4H,(H,8,9,10). The third-order valence-electron chi connectivity index (χ3n) is 2.59. The van der Waals surface area contributed by atoms with Crippen molar-refractivity contribution in [1.29, 1.82) is 0 Å². The Labute approximate surface area is 141 Å². The lowest BCUT2D eigenvalue weighted by atomic mass is 10.2. The van der Waals surface area contributed by atoms with E-state index in [1.807, 2.05) is 0 Å². The fourth-order valence-corrected chi connectivity index (χ4v) is 2.35. The van der Waals surface area contributed by atoms with Crippen LogP contribution in [0, 0.1) is 20.2 Å². The minimum atomic E-state index is -4.11. The second-order valence-corrected chi connectivity index (χ2v) is 6.15. The Morgan fingerprint density at radius 3 is 1.88 bits per heavy atom. The zero-order chi connectivity index (χ0) is 18.3. The van der Waals surface area contributed by atoms with Gasteiger partial charge in [0.25, 0.3) is 10.1 Å². The fourth-order valence-electron chi connectivity index (χ4n) is 1.57. The quantitative estimate of drug-likeness (QED) is 0.375. The molecule has 0 atom stereocenters. The molecular formula is C13H11ClN2O7S. The van der Waals surface area contributed by atoms with E-state index in [0.29, 0.717) is 0 Å². The number of benzene rings is 2. The fraction of sp³-hybridized carbons (Fsp3) is 0.0769. The van der Waals surface area contributed by atoms with Crippen LogP contribution >= 0.6 is 11.6 Å². The van der Waals surface area contributed by atoms with Crippen molar-refractivity contribution in [1.82, 2.24) is 0 Å². The molecule has 0 aromatic heterocycles. The minimum absolute atomic E-state index is 0.0810. The second kappa shape index (κ2) is 8.34. The number of halogens is 1. The van der Waals surface area contributed by atoms with Crippen molar-refractivity contribution in [3.63, 3.8) is 0 Å². The van der Waals surface area contributed by atoms with E-state index in [9.17, 15) is 28.6 Å². The largest absolute Gasteiger partial charge is 0.476 e. The monoisotopic (exact) mass is 374 g/mol. The minimum Gasteiger partial charge on any atom is -0.282 e. The van der Waals surface area contributed by atoms with Crippen LogP contribution in [0.4, 0.5) is 0 Å². The highest BCUT2D eigenvalue weighted by Crippen LogP contribution is 2.16. The summed E-state index contributed by atoms with van der Waals surface area (Å²) in [4.78, 5) is 18.6. The molecule has 9 nitrogen and oxygen atoms in total. The second-order valence-electron chi connectivity index (χ2n) is 4.29. The molecule has 0 bridgehead atoms. The number of nitro groups is 2. The molecule has 0 heterocycles. The first-order chi connectivity index (χ1) is 11.1. The Hall–Kier alpha value is -2.56. The van der Waals surface area contributed by atoms with Crippen LogP contribution in [0.5, 0.6) is 0 Å². The Balaban J connectivity index is 0.000000243. The van der Waals surface area contributed by atoms with Gasteiger partial charge in [0.2, 0.25) is 0 Å². The van der Waals surface area contributed by atoms with E-state index in [2.05, 4.69) is 0 Å². The van der Waals surface area contributed by atoms with Gasteiger partial charge in [-0.2, -0.15) is 8.42 Å². The number of rotatable bonds is 4. The van der Waals surface area contributed by atoms with Crippen LogP contribution in [0.2, 0.25) is 5.02 Å². The van der Waals surface area contributed by atoms with Gasteiger partial charge in [-0.05, 0) is 30.3 Å². The summed E-state index contributed by atoms with van der Waals surface area (Å²) in [6, 6.07) is 12.8. The normalized spacial score (nSPS) is 10.6. The Bertz CT molecular complexity index is 813. The number of hydrogen-bond donors (Lipinski definition) is 1. The predicted molar refractivity (Wildman–Crippen MR) is 84.4 cm³/mol. The van der Waals surface area contributed by atoms with Gasteiger partial charge in [-0.3, -0.25) is 24.8 Å². The smallest absolute Gasteiger partial charge is 0.282 e. The highest BCUT2D eigenvalue weighted by Gasteiger charge is 2.33. The van der Waals surface area contributed by atoms with Crippen molar-refractivity contribution in [3.8, 4) is 0 Å². The summed E-state index contributed by atoms with van der Waals surface area (Å²) in [6.07, 6.45) is -1.86. The molecule has 1 N–H and O–H groups in total. The van der Waals surface area contributed by atoms with E-state index in [1.165, 1.54) is 48.5 Å². The Morgan fingerprint density at radius 2 is 1.50 bits per heavy atom. The first-order valence-corrected chi connectivity index (χ1v) is 7.99. The van der Waals surface area contributed by atoms with Crippen LogP contribution in [-0.2, 0) is 10.1 Å².